The summed E-state index contributed by atoms with van der Waals surface area (Å²) in [7, 11) is 0. The topological polar surface area (TPSA) is 59.0 Å². The van der Waals surface area contributed by atoms with Gasteiger partial charge < -0.3 is 10.5 Å². The van der Waals surface area contributed by atoms with Gasteiger partial charge in [-0.1, -0.05) is 6.07 Å². The summed E-state index contributed by atoms with van der Waals surface area (Å²) in [5.74, 6) is 0.310. The van der Waals surface area contributed by atoms with E-state index in [1.807, 2.05) is 0 Å². The van der Waals surface area contributed by atoms with E-state index < -0.39 is 17.3 Å². The number of halogens is 3. The van der Waals surface area contributed by atoms with Gasteiger partial charge >= 0.3 is 6.18 Å². The number of nitrogens with two attached hydrogens (primary N) is 1. The van der Waals surface area contributed by atoms with Crippen LogP contribution in [0.5, 0.6) is 11.5 Å². The zero-order chi connectivity index (χ0) is 14.8. The molecule has 3 nitrogen and oxygen atoms in total. The number of rotatable bonds is 2. The maximum absolute atomic E-state index is 12.8. The molecular formula is C14H9F3N2O. The molecule has 0 amide bonds. The molecule has 0 bridgehead atoms. The van der Waals surface area contributed by atoms with Gasteiger partial charge in [-0.15, -0.1) is 0 Å². The number of ether oxygens (including phenoxy) is 1. The predicted molar refractivity (Wildman–Crippen MR) is 67.1 cm³/mol. The second-order valence-electron chi connectivity index (χ2n) is 3.99. The lowest BCUT2D eigenvalue weighted by atomic mass is 10.1. The van der Waals surface area contributed by atoms with Crippen LogP contribution in [-0.4, -0.2) is 0 Å². The van der Waals surface area contributed by atoms with Gasteiger partial charge in [0.1, 0.15) is 11.5 Å². The predicted octanol–water partition coefficient (Wildman–Crippen LogP) is 3.95. The first kappa shape index (κ1) is 13.7. The molecule has 2 aromatic carbocycles. The van der Waals surface area contributed by atoms with Crippen LogP contribution >= 0.6 is 0 Å². The van der Waals surface area contributed by atoms with E-state index in [0.29, 0.717) is 11.4 Å². The van der Waals surface area contributed by atoms with E-state index in [2.05, 4.69) is 0 Å². The van der Waals surface area contributed by atoms with Crippen molar-refractivity contribution in [2.24, 2.45) is 0 Å². The third-order valence-corrected chi connectivity index (χ3v) is 2.51. The van der Waals surface area contributed by atoms with Gasteiger partial charge in [0.2, 0.25) is 0 Å². The van der Waals surface area contributed by atoms with Crippen molar-refractivity contribution in [2.45, 2.75) is 6.18 Å². The van der Waals surface area contributed by atoms with Crippen LogP contribution in [0, 0.1) is 11.3 Å². The lowest BCUT2D eigenvalue weighted by Crippen LogP contribution is -2.07. The first-order valence-electron chi connectivity index (χ1n) is 5.55. The quantitative estimate of drug-likeness (QED) is 0.846. The number of benzene rings is 2. The summed E-state index contributed by atoms with van der Waals surface area (Å²) in [5, 5.41) is 8.69. The van der Waals surface area contributed by atoms with Crippen LogP contribution in [0.15, 0.2) is 42.5 Å². The van der Waals surface area contributed by atoms with Crippen LogP contribution in [0.2, 0.25) is 0 Å². The molecule has 2 rings (SSSR count). The smallest absolute Gasteiger partial charge is 0.417 e. The number of alkyl halides is 3. The fourth-order valence-electron chi connectivity index (χ4n) is 1.63. The number of hydrogen-bond acceptors (Lipinski definition) is 3. The monoisotopic (exact) mass is 278 g/mol. The minimum absolute atomic E-state index is 0.0121. The molecule has 0 heterocycles. The van der Waals surface area contributed by atoms with Crippen LogP contribution in [-0.2, 0) is 6.18 Å². The van der Waals surface area contributed by atoms with Crippen molar-refractivity contribution in [3.8, 4) is 17.6 Å². The Morgan fingerprint density at radius 2 is 1.75 bits per heavy atom. The highest BCUT2D eigenvalue weighted by molar-refractivity contribution is 5.48. The minimum Gasteiger partial charge on any atom is -0.457 e. The van der Waals surface area contributed by atoms with E-state index in [1.54, 1.807) is 18.2 Å². The lowest BCUT2D eigenvalue weighted by Gasteiger charge is -2.11. The Kier molecular flexibility index (Phi) is 3.53. The molecule has 0 aliphatic rings. The van der Waals surface area contributed by atoms with E-state index in [4.69, 9.17) is 15.7 Å². The fourth-order valence-corrected chi connectivity index (χ4v) is 1.63. The Bertz CT molecular complexity index is 675. The molecule has 0 aliphatic carbocycles. The van der Waals surface area contributed by atoms with Gasteiger partial charge in [0.25, 0.3) is 0 Å². The molecule has 0 fully saturated rings. The third kappa shape index (κ3) is 3.01. The molecule has 0 spiro atoms. The number of nitrogen functional groups attached to an aromatic ring is 1. The molecule has 6 heteroatoms. The summed E-state index contributed by atoms with van der Waals surface area (Å²) in [4.78, 5) is 0. The lowest BCUT2D eigenvalue weighted by molar-refractivity contribution is -0.137. The highest BCUT2D eigenvalue weighted by Crippen LogP contribution is 2.35. The number of nitriles is 1. The summed E-state index contributed by atoms with van der Waals surface area (Å²) < 4.78 is 43.7. The van der Waals surface area contributed by atoms with E-state index in [9.17, 15) is 13.2 Å². The van der Waals surface area contributed by atoms with Gasteiger partial charge in [-0.2, -0.15) is 18.4 Å². The number of hydrogen-bond donors (Lipinski definition) is 1. The zero-order valence-corrected chi connectivity index (χ0v) is 10.1. The number of nitrogens with zero attached hydrogens (tertiary/aromatic N) is 1. The third-order valence-electron chi connectivity index (χ3n) is 2.51. The largest absolute Gasteiger partial charge is 0.457 e. The molecule has 0 unspecified atom stereocenters. The molecule has 0 atom stereocenters. The molecule has 0 saturated carbocycles. The molecule has 102 valence electrons. The highest BCUT2D eigenvalue weighted by Gasteiger charge is 2.34. The molecule has 0 saturated heterocycles. The van der Waals surface area contributed by atoms with Crippen molar-refractivity contribution in [1.29, 1.82) is 5.26 Å². The van der Waals surface area contributed by atoms with Crippen molar-refractivity contribution >= 4 is 5.69 Å². The van der Waals surface area contributed by atoms with E-state index in [-0.39, 0.29) is 5.75 Å². The maximum Gasteiger partial charge on any atom is 0.417 e. The van der Waals surface area contributed by atoms with Gasteiger partial charge in [0.15, 0.2) is 0 Å². The van der Waals surface area contributed by atoms with Crippen LogP contribution in [0.4, 0.5) is 18.9 Å². The van der Waals surface area contributed by atoms with Crippen molar-refractivity contribution in [3.63, 3.8) is 0 Å². The summed E-state index contributed by atoms with van der Waals surface area (Å²) in [6.07, 6.45) is -4.61. The average molecular weight is 278 g/mol. The van der Waals surface area contributed by atoms with E-state index >= 15 is 0 Å². The standard InChI is InChI=1S/C14H9F3N2O/c15-14(16,17)13-7-12(5-4-9(13)8-18)20-11-3-1-2-10(19)6-11/h1-7H,19H2. The summed E-state index contributed by atoms with van der Waals surface area (Å²) in [6, 6.07) is 11.0. The fraction of sp³-hybridized carbons (Fsp3) is 0.0714. The van der Waals surface area contributed by atoms with Crippen molar-refractivity contribution < 1.29 is 17.9 Å². The Balaban J connectivity index is 2.37. The van der Waals surface area contributed by atoms with Crippen LogP contribution in [0.3, 0.4) is 0 Å². The molecule has 0 radical (unpaired) electrons. The second-order valence-corrected chi connectivity index (χ2v) is 3.99. The molecule has 0 aromatic heterocycles. The summed E-state index contributed by atoms with van der Waals surface area (Å²) in [6.45, 7) is 0. The van der Waals surface area contributed by atoms with Crippen LogP contribution < -0.4 is 10.5 Å². The summed E-state index contributed by atoms with van der Waals surface area (Å²) >= 11 is 0. The molecule has 0 aliphatic heterocycles. The summed E-state index contributed by atoms with van der Waals surface area (Å²) in [5.41, 5.74) is 4.52. The normalized spacial score (nSPS) is 10.9. The second kappa shape index (κ2) is 5.13. The Labute approximate surface area is 113 Å². The van der Waals surface area contributed by atoms with Gasteiger partial charge in [-0.05, 0) is 30.3 Å². The Morgan fingerprint density at radius 3 is 2.35 bits per heavy atom. The molecule has 20 heavy (non-hydrogen) atoms. The van der Waals surface area contributed by atoms with E-state index in [1.165, 1.54) is 18.2 Å². The van der Waals surface area contributed by atoms with Crippen molar-refractivity contribution in [2.75, 3.05) is 5.73 Å². The van der Waals surface area contributed by atoms with Gasteiger partial charge in [-0.3, -0.25) is 0 Å². The molecule has 2 N–H and O–H groups in total. The minimum atomic E-state index is -4.61. The van der Waals surface area contributed by atoms with Crippen LogP contribution in [0.25, 0.3) is 0 Å². The Morgan fingerprint density at radius 1 is 1.05 bits per heavy atom. The van der Waals surface area contributed by atoms with E-state index in [0.717, 1.165) is 12.1 Å². The zero-order valence-electron chi connectivity index (χ0n) is 10.1. The molecular weight excluding hydrogens is 269 g/mol. The molecule has 2 aromatic rings. The van der Waals surface area contributed by atoms with Crippen molar-refractivity contribution in [1.82, 2.24) is 0 Å². The number of anilines is 1. The Hall–Kier alpha value is -2.68. The van der Waals surface area contributed by atoms with Gasteiger partial charge in [0, 0.05) is 11.8 Å². The van der Waals surface area contributed by atoms with Crippen molar-refractivity contribution in [3.05, 3.63) is 53.6 Å². The first-order valence-corrected chi connectivity index (χ1v) is 5.55. The van der Waals surface area contributed by atoms with Crippen LogP contribution in [0.1, 0.15) is 11.1 Å². The highest BCUT2D eigenvalue weighted by atomic mass is 19.4. The SMILES string of the molecule is N#Cc1ccc(Oc2cccc(N)c2)cc1C(F)(F)F. The maximum atomic E-state index is 12.8. The van der Waals surface area contributed by atoms with Gasteiger partial charge in [0.05, 0.1) is 17.2 Å². The average Bonchev–Trinajstić information content (AvgIpc) is 2.37. The first-order chi connectivity index (χ1) is 9.40. The van der Waals surface area contributed by atoms with Gasteiger partial charge in [-0.25, -0.2) is 0 Å².